The molecule has 1 aliphatic carbocycles. The van der Waals surface area contributed by atoms with E-state index in [9.17, 15) is 18.0 Å². The molecule has 0 heterocycles. The van der Waals surface area contributed by atoms with E-state index in [1.54, 1.807) is 13.8 Å². The van der Waals surface area contributed by atoms with E-state index in [1.807, 2.05) is 0 Å². The molecule has 3 N–H and O–H groups in total. The lowest BCUT2D eigenvalue weighted by Crippen LogP contribution is -2.43. The lowest BCUT2D eigenvalue weighted by atomic mass is 10.0. The van der Waals surface area contributed by atoms with Crippen molar-refractivity contribution >= 4 is 21.9 Å². The van der Waals surface area contributed by atoms with Crippen LogP contribution in [0, 0.1) is 0 Å². The number of nitrogens with one attached hydrogen (secondary N) is 2. The summed E-state index contributed by atoms with van der Waals surface area (Å²) in [5, 5.41) is 11.5. The molecule has 0 spiro atoms. The zero-order valence-corrected chi connectivity index (χ0v) is 15.6. The van der Waals surface area contributed by atoms with Crippen molar-refractivity contribution in [2.45, 2.75) is 56.0 Å². The minimum Gasteiger partial charge on any atom is -0.484 e. The van der Waals surface area contributed by atoms with E-state index >= 15 is 0 Å². The Balaban J connectivity index is 1.92. The maximum atomic E-state index is 12.4. The van der Waals surface area contributed by atoms with Gasteiger partial charge in [0.2, 0.25) is 10.0 Å². The predicted molar refractivity (Wildman–Crippen MR) is 94.4 cm³/mol. The summed E-state index contributed by atoms with van der Waals surface area (Å²) in [6.45, 7) is 3.13. The lowest BCUT2D eigenvalue weighted by Gasteiger charge is -2.25. The van der Waals surface area contributed by atoms with Crippen molar-refractivity contribution < 1.29 is 27.9 Å². The van der Waals surface area contributed by atoms with Crippen molar-refractivity contribution in [3.63, 3.8) is 0 Å². The van der Waals surface area contributed by atoms with Crippen molar-refractivity contribution in [2.75, 3.05) is 6.61 Å². The number of sulfonamides is 1. The number of hydrogen-bond donors (Lipinski definition) is 3. The molecular weight excluding hydrogens is 360 g/mol. The topological polar surface area (TPSA) is 122 Å². The van der Waals surface area contributed by atoms with Gasteiger partial charge in [0.15, 0.2) is 6.61 Å². The highest BCUT2D eigenvalue weighted by atomic mass is 32.2. The number of ether oxygens (including phenoxy) is 1. The molecule has 1 fully saturated rings. The number of amides is 1. The van der Waals surface area contributed by atoms with E-state index in [-0.39, 0.29) is 36.3 Å². The molecule has 0 atom stereocenters. The van der Waals surface area contributed by atoms with E-state index < -0.39 is 21.5 Å². The second-order valence-electron chi connectivity index (χ2n) is 6.98. The summed E-state index contributed by atoms with van der Waals surface area (Å²) in [4.78, 5) is 22.3. The number of carbonyl (C=O) groups excluding carboxylic acids is 1. The Hall–Kier alpha value is -2.13. The molecule has 2 rings (SSSR count). The molecule has 1 aromatic rings. The van der Waals surface area contributed by atoms with Crippen LogP contribution >= 0.6 is 0 Å². The standard InChI is InChI=1S/C17H24N2O6S/c1-17(2,10-9-16(21)22)19-26(23,24)14-7-5-13(6-8-14)25-11-15(20)18-12-3-4-12/h5-8,12,19H,3-4,9-11H2,1-2H3,(H,18,20)(H,21,22). The molecule has 8 nitrogen and oxygen atoms in total. The van der Waals surface area contributed by atoms with Crippen molar-refractivity contribution in [3.05, 3.63) is 24.3 Å². The van der Waals surface area contributed by atoms with Gasteiger partial charge in [-0.3, -0.25) is 9.59 Å². The van der Waals surface area contributed by atoms with Crippen LogP contribution in [0.15, 0.2) is 29.2 Å². The molecule has 9 heteroatoms. The second kappa shape index (κ2) is 8.05. The van der Waals surface area contributed by atoms with Crippen LogP contribution in [-0.4, -0.2) is 43.6 Å². The Morgan fingerprint density at radius 1 is 1.23 bits per heavy atom. The summed E-state index contributed by atoms with van der Waals surface area (Å²) in [5.41, 5.74) is -0.896. The number of carboxylic acid groups (broad SMARTS) is 1. The Labute approximate surface area is 153 Å². The summed E-state index contributed by atoms with van der Waals surface area (Å²) in [7, 11) is -3.80. The highest BCUT2D eigenvalue weighted by molar-refractivity contribution is 7.89. The molecule has 0 unspecified atom stereocenters. The van der Waals surface area contributed by atoms with E-state index in [2.05, 4.69) is 10.0 Å². The van der Waals surface area contributed by atoms with Gasteiger partial charge < -0.3 is 15.2 Å². The third-order valence-corrected chi connectivity index (χ3v) is 5.54. The summed E-state index contributed by atoms with van der Waals surface area (Å²) in [5.74, 6) is -0.796. The van der Waals surface area contributed by atoms with Crippen LogP contribution in [0.3, 0.4) is 0 Å². The van der Waals surface area contributed by atoms with Gasteiger partial charge in [0, 0.05) is 18.0 Å². The number of carbonyl (C=O) groups is 2. The molecule has 144 valence electrons. The minimum absolute atomic E-state index is 0.0377. The smallest absolute Gasteiger partial charge is 0.303 e. The molecule has 26 heavy (non-hydrogen) atoms. The first kappa shape index (κ1) is 20.2. The number of aliphatic carboxylic acids is 1. The van der Waals surface area contributed by atoms with Crippen molar-refractivity contribution in [2.24, 2.45) is 0 Å². The number of rotatable bonds is 10. The van der Waals surface area contributed by atoms with Gasteiger partial charge in [-0.25, -0.2) is 13.1 Å². The third-order valence-electron chi connectivity index (χ3n) is 3.82. The first-order valence-electron chi connectivity index (χ1n) is 8.35. The summed E-state index contributed by atoms with van der Waals surface area (Å²) in [6.07, 6.45) is 2.02. The van der Waals surface area contributed by atoms with Gasteiger partial charge >= 0.3 is 5.97 Å². The fraction of sp³-hybridized carbons (Fsp3) is 0.529. The van der Waals surface area contributed by atoms with Crippen LogP contribution in [0.2, 0.25) is 0 Å². The first-order chi connectivity index (χ1) is 12.1. The lowest BCUT2D eigenvalue weighted by molar-refractivity contribution is -0.137. The first-order valence-corrected chi connectivity index (χ1v) is 9.84. The fourth-order valence-electron chi connectivity index (χ4n) is 2.25. The van der Waals surface area contributed by atoms with Crippen LogP contribution in [0.25, 0.3) is 0 Å². The van der Waals surface area contributed by atoms with Gasteiger partial charge in [0.05, 0.1) is 4.90 Å². The van der Waals surface area contributed by atoms with Crippen LogP contribution in [0.5, 0.6) is 5.75 Å². The molecule has 0 aliphatic heterocycles. The van der Waals surface area contributed by atoms with Crippen LogP contribution in [0.4, 0.5) is 0 Å². The van der Waals surface area contributed by atoms with E-state index in [0.717, 1.165) is 12.8 Å². The Kier molecular flexibility index (Phi) is 6.25. The van der Waals surface area contributed by atoms with E-state index in [1.165, 1.54) is 24.3 Å². The van der Waals surface area contributed by atoms with Gasteiger partial charge in [-0.1, -0.05) is 0 Å². The second-order valence-corrected chi connectivity index (χ2v) is 8.67. The number of carboxylic acids is 1. The van der Waals surface area contributed by atoms with Crippen molar-refractivity contribution in [1.82, 2.24) is 10.0 Å². The summed E-state index contributed by atoms with van der Waals surface area (Å²) in [6, 6.07) is 5.97. The Bertz CT molecular complexity index is 754. The average molecular weight is 384 g/mol. The largest absolute Gasteiger partial charge is 0.484 e. The van der Waals surface area contributed by atoms with Gasteiger partial charge in [0.25, 0.3) is 5.91 Å². The molecule has 0 radical (unpaired) electrons. The molecule has 1 saturated carbocycles. The quantitative estimate of drug-likeness (QED) is 0.558. The predicted octanol–water partition coefficient (Wildman–Crippen LogP) is 1.27. The zero-order chi connectivity index (χ0) is 19.4. The van der Waals surface area contributed by atoms with Gasteiger partial charge in [0.1, 0.15) is 5.75 Å². The normalized spacial score (nSPS) is 14.7. The Morgan fingerprint density at radius 2 is 1.85 bits per heavy atom. The minimum atomic E-state index is -3.80. The summed E-state index contributed by atoms with van der Waals surface area (Å²) >= 11 is 0. The molecule has 0 aromatic heterocycles. The van der Waals surface area contributed by atoms with Gasteiger partial charge in [-0.15, -0.1) is 0 Å². The fourth-order valence-corrected chi connectivity index (χ4v) is 3.70. The van der Waals surface area contributed by atoms with Gasteiger partial charge in [-0.2, -0.15) is 0 Å². The maximum absolute atomic E-state index is 12.4. The highest BCUT2D eigenvalue weighted by Crippen LogP contribution is 2.20. The van der Waals surface area contributed by atoms with E-state index in [4.69, 9.17) is 9.84 Å². The highest BCUT2D eigenvalue weighted by Gasteiger charge is 2.27. The third kappa shape index (κ3) is 6.64. The molecule has 0 saturated heterocycles. The molecule has 1 aliphatic rings. The van der Waals surface area contributed by atoms with Crippen molar-refractivity contribution in [3.8, 4) is 5.75 Å². The monoisotopic (exact) mass is 384 g/mol. The number of benzene rings is 1. The van der Waals surface area contributed by atoms with Crippen LogP contribution < -0.4 is 14.8 Å². The average Bonchev–Trinajstić information content (AvgIpc) is 3.34. The molecular formula is C17H24N2O6S. The van der Waals surface area contributed by atoms with Crippen LogP contribution in [0.1, 0.15) is 39.5 Å². The maximum Gasteiger partial charge on any atom is 0.303 e. The molecule has 0 bridgehead atoms. The Morgan fingerprint density at radius 3 is 2.38 bits per heavy atom. The zero-order valence-electron chi connectivity index (χ0n) is 14.8. The molecule has 1 amide bonds. The summed E-state index contributed by atoms with van der Waals surface area (Å²) < 4.78 is 32.7. The van der Waals surface area contributed by atoms with Crippen molar-refractivity contribution in [1.29, 1.82) is 0 Å². The SMILES string of the molecule is CC(C)(CCC(=O)O)NS(=O)(=O)c1ccc(OCC(=O)NC2CC2)cc1. The van der Waals surface area contributed by atoms with E-state index in [0.29, 0.717) is 5.75 Å². The van der Waals surface area contributed by atoms with Crippen LogP contribution in [-0.2, 0) is 19.6 Å². The van der Waals surface area contributed by atoms with Gasteiger partial charge in [-0.05, 0) is 57.4 Å². The molecule has 1 aromatic carbocycles. The number of hydrogen-bond acceptors (Lipinski definition) is 5.